The normalized spacial score (nSPS) is 15.6. The Morgan fingerprint density at radius 3 is 1.57 bits per heavy atom. The Bertz CT molecular complexity index is 524. The highest BCUT2D eigenvalue weighted by atomic mass is 28.5. The fourth-order valence-electron chi connectivity index (χ4n) is 2.61. The van der Waals surface area contributed by atoms with E-state index in [9.17, 15) is 9.90 Å². The van der Waals surface area contributed by atoms with Gasteiger partial charge in [-0.25, -0.2) is 4.79 Å². The second-order valence-corrected chi connectivity index (χ2v) is 27.4. The molecule has 0 saturated heterocycles. The molecule has 1 N–H and O–H groups in total. The molecule has 7 nitrogen and oxygen atoms in total. The second kappa shape index (κ2) is 11.7. The quantitative estimate of drug-likeness (QED) is 0.218. The molecule has 0 spiro atoms. The van der Waals surface area contributed by atoms with Crippen molar-refractivity contribution < 1.29 is 31.7 Å². The Kier molecular flexibility index (Phi) is 11.6. The summed E-state index contributed by atoms with van der Waals surface area (Å²) in [6.45, 7) is 25.9. The summed E-state index contributed by atoms with van der Waals surface area (Å²) in [6.07, 6.45) is -0.168. The largest absolute Gasteiger partial charge is 0.500 e. The van der Waals surface area contributed by atoms with E-state index in [1.807, 2.05) is 6.92 Å². The van der Waals surface area contributed by atoms with Crippen LogP contribution in [0.15, 0.2) is 12.2 Å². The monoisotopic (exact) mass is 496 g/mol. The highest BCUT2D eigenvalue weighted by molar-refractivity contribution is 6.90. The average molecular weight is 497 g/mol. The lowest BCUT2D eigenvalue weighted by atomic mass is 10.3. The van der Waals surface area contributed by atoms with Crippen LogP contribution in [-0.2, 0) is 26.6 Å². The molecule has 2 unspecified atom stereocenters. The summed E-state index contributed by atoms with van der Waals surface area (Å²) in [4.78, 5) is 11.8. The smallest absolute Gasteiger partial charge is 0.454 e. The Labute approximate surface area is 187 Å². The molecule has 0 aliphatic carbocycles. The van der Waals surface area contributed by atoms with Crippen LogP contribution in [0.2, 0.25) is 58.9 Å². The number of carbonyl (C=O) groups is 1. The van der Waals surface area contributed by atoms with E-state index in [-0.39, 0.29) is 18.8 Å². The molecule has 0 aliphatic heterocycles. The summed E-state index contributed by atoms with van der Waals surface area (Å²) in [6, 6.07) is 0. The van der Waals surface area contributed by atoms with Crippen molar-refractivity contribution in [3.05, 3.63) is 12.2 Å². The molecule has 0 aromatic rings. The summed E-state index contributed by atoms with van der Waals surface area (Å²) in [5.41, 5.74) is -0.143. The van der Waals surface area contributed by atoms with E-state index in [4.69, 9.17) is 21.8 Å². The number of hydrogen-bond donors (Lipinski definition) is 1. The van der Waals surface area contributed by atoms with Gasteiger partial charge in [-0.05, 0) is 72.3 Å². The van der Waals surface area contributed by atoms with Crippen LogP contribution in [0.5, 0.6) is 0 Å². The van der Waals surface area contributed by atoms with Gasteiger partial charge >= 0.3 is 14.8 Å². The van der Waals surface area contributed by atoms with Crippen molar-refractivity contribution in [3.63, 3.8) is 0 Å². The average Bonchev–Trinajstić information content (AvgIpc) is 2.48. The standard InChI is InChI=1S/C19H44O7Si4/c1-13-18(22-15-17(14-20)23-19(21)16(2)3)30(24-27(4,5)6,25-28(7,8)9)26-29(10,11)12/h17-18,20H,2,13-15H2,1,3-12H3. The summed E-state index contributed by atoms with van der Waals surface area (Å²) < 4.78 is 31.6. The van der Waals surface area contributed by atoms with Gasteiger partial charge in [-0.1, -0.05) is 13.5 Å². The molecule has 0 radical (unpaired) electrons. The highest BCUT2D eigenvalue weighted by Gasteiger charge is 2.56. The van der Waals surface area contributed by atoms with Crippen LogP contribution in [0.1, 0.15) is 20.3 Å². The van der Waals surface area contributed by atoms with Crippen molar-refractivity contribution in [2.24, 2.45) is 0 Å². The summed E-state index contributed by atoms with van der Waals surface area (Å²) in [5.74, 6) is -0.552. The van der Waals surface area contributed by atoms with Gasteiger partial charge in [0, 0.05) is 5.57 Å². The van der Waals surface area contributed by atoms with Crippen molar-refractivity contribution in [2.45, 2.75) is 91.0 Å². The van der Waals surface area contributed by atoms with Crippen LogP contribution >= 0.6 is 0 Å². The maximum atomic E-state index is 11.8. The first kappa shape index (κ1) is 29.9. The van der Waals surface area contributed by atoms with Gasteiger partial charge in [-0.3, -0.25) is 0 Å². The Morgan fingerprint density at radius 2 is 1.30 bits per heavy atom. The molecule has 0 saturated carbocycles. The Balaban J connectivity index is 5.92. The van der Waals surface area contributed by atoms with Crippen molar-refractivity contribution in [2.75, 3.05) is 13.2 Å². The Morgan fingerprint density at radius 1 is 0.900 bits per heavy atom. The number of esters is 1. The van der Waals surface area contributed by atoms with Crippen molar-refractivity contribution >= 4 is 39.7 Å². The third-order valence-corrected chi connectivity index (χ3v) is 15.5. The minimum absolute atomic E-state index is 0.0297. The van der Waals surface area contributed by atoms with E-state index in [0.717, 1.165) is 0 Å². The minimum atomic E-state index is -3.25. The summed E-state index contributed by atoms with van der Waals surface area (Å²) in [7, 11) is -9.39. The van der Waals surface area contributed by atoms with E-state index in [1.54, 1.807) is 6.92 Å². The zero-order valence-electron chi connectivity index (χ0n) is 20.9. The van der Waals surface area contributed by atoms with Gasteiger partial charge in [0.15, 0.2) is 25.0 Å². The molecule has 0 aromatic heterocycles. The molecule has 0 aliphatic rings. The number of hydrogen-bond acceptors (Lipinski definition) is 7. The van der Waals surface area contributed by atoms with Gasteiger partial charge in [0.2, 0.25) is 0 Å². The molecular formula is C19H44O7Si4. The fraction of sp³-hybridized carbons (Fsp3) is 0.842. The molecule has 0 aromatic carbocycles. The molecule has 11 heteroatoms. The van der Waals surface area contributed by atoms with E-state index < -0.39 is 51.6 Å². The molecular weight excluding hydrogens is 453 g/mol. The van der Waals surface area contributed by atoms with Crippen LogP contribution < -0.4 is 0 Å². The Hall–Kier alpha value is -0.122. The lowest BCUT2D eigenvalue weighted by Crippen LogP contribution is -2.67. The summed E-state index contributed by atoms with van der Waals surface area (Å²) >= 11 is 0. The molecule has 30 heavy (non-hydrogen) atoms. The molecule has 0 heterocycles. The van der Waals surface area contributed by atoms with Crippen LogP contribution in [-0.4, -0.2) is 69.9 Å². The van der Waals surface area contributed by atoms with E-state index in [1.165, 1.54) is 0 Å². The fourth-order valence-corrected chi connectivity index (χ4v) is 16.9. The van der Waals surface area contributed by atoms with Gasteiger partial charge in [0.25, 0.3) is 0 Å². The molecule has 0 amide bonds. The predicted octanol–water partition coefficient (Wildman–Crippen LogP) is 4.29. The molecule has 0 fully saturated rings. The predicted molar refractivity (Wildman–Crippen MR) is 131 cm³/mol. The van der Waals surface area contributed by atoms with Gasteiger partial charge in [0.1, 0.15) is 11.8 Å². The van der Waals surface area contributed by atoms with Gasteiger partial charge in [-0.15, -0.1) is 0 Å². The number of carbonyl (C=O) groups excluding carboxylic acids is 1. The van der Waals surface area contributed by atoms with Crippen LogP contribution in [0.25, 0.3) is 0 Å². The number of aliphatic hydroxyl groups excluding tert-OH is 1. The maximum Gasteiger partial charge on any atom is 0.500 e. The first-order valence-electron chi connectivity index (χ1n) is 10.5. The second-order valence-electron chi connectivity index (χ2n) is 10.5. The summed E-state index contributed by atoms with van der Waals surface area (Å²) in [5, 5.41) is 9.66. The number of aliphatic hydroxyl groups is 1. The van der Waals surface area contributed by atoms with Crippen molar-refractivity contribution in [1.29, 1.82) is 0 Å². The van der Waals surface area contributed by atoms with Crippen molar-refractivity contribution in [3.8, 4) is 0 Å². The van der Waals surface area contributed by atoms with Gasteiger partial charge in [0.05, 0.1) is 13.2 Å². The third-order valence-electron chi connectivity index (χ3n) is 3.42. The SMILES string of the molecule is C=C(C)C(=O)OC(CO)COC(CC)[Si](O[Si](C)(C)C)(O[Si](C)(C)C)O[Si](C)(C)C. The topological polar surface area (TPSA) is 83.5 Å². The van der Waals surface area contributed by atoms with E-state index in [0.29, 0.717) is 6.42 Å². The van der Waals surface area contributed by atoms with Crippen molar-refractivity contribution in [1.82, 2.24) is 0 Å². The van der Waals surface area contributed by atoms with Gasteiger partial charge in [-0.2, -0.15) is 0 Å². The highest BCUT2D eigenvalue weighted by Crippen LogP contribution is 2.31. The molecule has 0 bridgehead atoms. The van der Waals surface area contributed by atoms with Crippen LogP contribution in [0.4, 0.5) is 0 Å². The molecule has 2 atom stereocenters. The molecule has 0 rings (SSSR count). The van der Waals surface area contributed by atoms with E-state index >= 15 is 0 Å². The third kappa shape index (κ3) is 12.1. The first-order valence-corrected chi connectivity index (χ1v) is 22.6. The van der Waals surface area contributed by atoms with E-state index in [2.05, 4.69) is 65.5 Å². The lowest BCUT2D eigenvalue weighted by Gasteiger charge is -2.46. The van der Waals surface area contributed by atoms with Crippen LogP contribution in [0.3, 0.4) is 0 Å². The maximum absolute atomic E-state index is 11.8. The van der Waals surface area contributed by atoms with Crippen LogP contribution in [0, 0.1) is 0 Å². The van der Waals surface area contributed by atoms with Gasteiger partial charge < -0.3 is 26.9 Å². The zero-order valence-corrected chi connectivity index (χ0v) is 24.9. The molecule has 178 valence electrons. The zero-order chi connectivity index (χ0) is 24.0. The minimum Gasteiger partial charge on any atom is -0.454 e. The first-order chi connectivity index (χ1) is 13.3. The number of ether oxygens (including phenoxy) is 2. The number of rotatable bonds is 14. The lowest BCUT2D eigenvalue weighted by molar-refractivity contribution is -0.150.